The maximum absolute atomic E-state index is 12.5. The smallest absolute Gasteiger partial charge is 0.274 e. The maximum atomic E-state index is 12.5. The maximum Gasteiger partial charge on any atom is 0.274 e. The standard InChI is InChI=1S/C21H18N2O4/c1-27-19-11-9-18(10-12-19)22-20(24)17-4-2-3-16(13-17)14-5-7-15(8-6-14)21(25)23-26/h2-13,26H,1H3,(H,22,24)(H,23,25). The molecule has 0 saturated heterocycles. The summed E-state index contributed by atoms with van der Waals surface area (Å²) in [4.78, 5) is 23.9. The molecule has 136 valence electrons. The number of hydrogen-bond acceptors (Lipinski definition) is 4. The van der Waals surface area contributed by atoms with E-state index in [-0.39, 0.29) is 5.91 Å². The summed E-state index contributed by atoms with van der Waals surface area (Å²) in [5, 5.41) is 11.5. The Bertz CT molecular complexity index is 951. The number of carbonyl (C=O) groups is 2. The molecule has 3 rings (SSSR count). The summed E-state index contributed by atoms with van der Waals surface area (Å²) in [6, 6.07) is 21.0. The average Bonchev–Trinajstić information content (AvgIpc) is 2.74. The van der Waals surface area contributed by atoms with Gasteiger partial charge in [-0.1, -0.05) is 24.3 Å². The minimum absolute atomic E-state index is 0.224. The van der Waals surface area contributed by atoms with Gasteiger partial charge in [-0.05, 0) is 59.7 Å². The summed E-state index contributed by atoms with van der Waals surface area (Å²) in [6.07, 6.45) is 0. The summed E-state index contributed by atoms with van der Waals surface area (Å²) >= 11 is 0. The quantitative estimate of drug-likeness (QED) is 0.477. The predicted molar refractivity (Wildman–Crippen MR) is 102 cm³/mol. The first-order valence-electron chi connectivity index (χ1n) is 8.21. The monoisotopic (exact) mass is 362 g/mol. The lowest BCUT2D eigenvalue weighted by Gasteiger charge is -2.08. The zero-order valence-electron chi connectivity index (χ0n) is 14.6. The van der Waals surface area contributed by atoms with Crippen LogP contribution < -0.4 is 15.5 Å². The largest absolute Gasteiger partial charge is 0.497 e. The topological polar surface area (TPSA) is 87.7 Å². The first-order valence-corrected chi connectivity index (χ1v) is 8.21. The molecule has 0 bridgehead atoms. The Kier molecular flexibility index (Phi) is 5.49. The lowest BCUT2D eigenvalue weighted by molar-refractivity contribution is 0.0706. The summed E-state index contributed by atoms with van der Waals surface area (Å²) in [6.45, 7) is 0. The molecule has 0 fully saturated rings. The van der Waals surface area contributed by atoms with Crippen molar-refractivity contribution < 1.29 is 19.5 Å². The lowest BCUT2D eigenvalue weighted by Crippen LogP contribution is -2.18. The number of carbonyl (C=O) groups excluding carboxylic acids is 2. The van der Waals surface area contributed by atoms with Gasteiger partial charge in [-0.25, -0.2) is 5.48 Å². The second-order valence-electron chi connectivity index (χ2n) is 5.78. The molecule has 0 saturated carbocycles. The molecule has 3 aromatic carbocycles. The minimum Gasteiger partial charge on any atom is -0.497 e. The molecule has 3 aromatic rings. The van der Waals surface area contributed by atoms with E-state index in [0.29, 0.717) is 22.6 Å². The molecule has 27 heavy (non-hydrogen) atoms. The fourth-order valence-electron chi connectivity index (χ4n) is 2.60. The number of hydrogen-bond donors (Lipinski definition) is 3. The van der Waals surface area contributed by atoms with Crippen LogP contribution in [0.1, 0.15) is 20.7 Å². The molecule has 0 aromatic heterocycles. The molecular formula is C21H18N2O4. The van der Waals surface area contributed by atoms with Crippen LogP contribution in [0, 0.1) is 0 Å². The Balaban J connectivity index is 1.78. The molecule has 0 heterocycles. The summed E-state index contributed by atoms with van der Waals surface area (Å²) < 4.78 is 5.10. The van der Waals surface area contributed by atoms with E-state index in [1.807, 2.05) is 6.07 Å². The van der Waals surface area contributed by atoms with E-state index in [9.17, 15) is 9.59 Å². The third-order valence-corrected chi connectivity index (χ3v) is 4.05. The van der Waals surface area contributed by atoms with Crippen LogP contribution in [-0.2, 0) is 0 Å². The van der Waals surface area contributed by atoms with Crippen molar-refractivity contribution in [2.75, 3.05) is 12.4 Å². The fourth-order valence-corrected chi connectivity index (χ4v) is 2.60. The van der Waals surface area contributed by atoms with E-state index in [1.165, 1.54) is 0 Å². The van der Waals surface area contributed by atoms with Crippen LogP contribution in [0.4, 0.5) is 5.69 Å². The zero-order valence-corrected chi connectivity index (χ0v) is 14.6. The zero-order chi connectivity index (χ0) is 19.2. The molecule has 0 unspecified atom stereocenters. The third-order valence-electron chi connectivity index (χ3n) is 4.05. The number of anilines is 1. The first-order chi connectivity index (χ1) is 13.1. The van der Waals surface area contributed by atoms with Crippen molar-refractivity contribution in [2.24, 2.45) is 0 Å². The summed E-state index contributed by atoms with van der Waals surface area (Å²) in [7, 11) is 1.59. The molecule has 0 aliphatic heterocycles. The Labute approximate surface area is 156 Å². The molecule has 6 nitrogen and oxygen atoms in total. The number of benzene rings is 3. The van der Waals surface area contributed by atoms with Crippen LogP contribution in [0.15, 0.2) is 72.8 Å². The van der Waals surface area contributed by atoms with Gasteiger partial charge in [0.15, 0.2) is 0 Å². The van der Waals surface area contributed by atoms with Gasteiger partial charge < -0.3 is 10.1 Å². The molecule has 0 spiro atoms. The Morgan fingerprint density at radius 1 is 0.815 bits per heavy atom. The predicted octanol–water partition coefficient (Wildman–Crippen LogP) is 3.73. The van der Waals surface area contributed by atoms with Crippen molar-refractivity contribution in [2.45, 2.75) is 0 Å². The van der Waals surface area contributed by atoms with Gasteiger partial charge in [-0.15, -0.1) is 0 Å². The molecule has 0 aliphatic carbocycles. The van der Waals surface area contributed by atoms with Crippen molar-refractivity contribution in [1.29, 1.82) is 0 Å². The van der Waals surface area contributed by atoms with Crippen LogP contribution in [0.2, 0.25) is 0 Å². The number of methoxy groups -OCH3 is 1. The molecule has 0 radical (unpaired) electrons. The van der Waals surface area contributed by atoms with Crippen LogP contribution in [0.25, 0.3) is 11.1 Å². The van der Waals surface area contributed by atoms with Gasteiger partial charge >= 0.3 is 0 Å². The molecule has 6 heteroatoms. The number of amides is 2. The molecule has 3 N–H and O–H groups in total. The van der Waals surface area contributed by atoms with Crippen LogP contribution >= 0.6 is 0 Å². The van der Waals surface area contributed by atoms with Gasteiger partial charge in [0, 0.05) is 16.8 Å². The Hall–Kier alpha value is -3.64. The number of hydroxylamine groups is 1. The highest BCUT2D eigenvalue weighted by Gasteiger charge is 2.09. The second kappa shape index (κ2) is 8.16. The summed E-state index contributed by atoms with van der Waals surface area (Å²) in [5.41, 5.74) is 4.82. The fraction of sp³-hybridized carbons (Fsp3) is 0.0476. The minimum atomic E-state index is -0.575. The van der Waals surface area contributed by atoms with Gasteiger partial charge in [0.1, 0.15) is 5.75 Å². The number of rotatable bonds is 5. The van der Waals surface area contributed by atoms with Gasteiger partial charge in [0.25, 0.3) is 11.8 Å². The molecule has 0 atom stereocenters. The number of nitrogens with one attached hydrogen (secondary N) is 2. The van der Waals surface area contributed by atoms with Crippen molar-refractivity contribution in [3.8, 4) is 16.9 Å². The van der Waals surface area contributed by atoms with E-state index < -0.39 is 5.91 Å². The summed E-state index contributed by atoms with van der Waals surface area (Å²) in [5.74, 6) is -0.0826. The van der Waals surface area contributed by atoms with E-state index >= 15 is 0 Å². The Morgan fingerprint density at radius 2 is 1.52 bits per heavy atom. The molecule has 2 amide bonds. The highest BCUT2D eigenvalue weighted by Crippen LogP contribution is 2.22. The third kappa shape index (κ3) is 4.31. The van der Waals surface area contributed by atoms with Gasteiger partial charge in [-0.2, -0.15) is 0 Å². The van der Waals surface area contributed by atoms with Crippen LogP contribution in [0.3, 0.4) is 0 Å². The van der Waals surface area contributed by atoms with E-state index in [1.54, 1.807) is 79.3 Å². The highest BCUT2D eigenvalue weighted by molar-refractivity contribution is 6.05. The normalized spacial score (nSPS) is 10.1. The van der Waals surface area contributed by atoms with Gasteiger partial charge in [-0.3, -0.25) is 14.8 Å². The van der Waals surface area contributed by atoms with Crippen molar-refractivity contribution in [3.05, 3.63) is 83.9 Å². The highest BCUT2D eigenvalue weighted by atomic mass is 16.5. The van der Waals surface area contributed by atoms with E-state index in [2.05, 4.69) is 5.32 Å². The van der Waals surface area contributed by atoms with Crippen molar-refractivity contribution in [3.63, 3.8) is 0 Å². The SMILES string of the molecule is COc1ccc(NC(=O)c2cccc(-c3ccc(C(=O)NO)cc3)c2)cc1. The van der Waals surface area contributed by atoms with E-state index in [0.717, 1.165) is 11.1 Å². The molecule has 0 aliphatic rings. The number of ether oxygens (including phenoxy) is 1. The van der Waals surface area contributed by atoms with Crippen LogP contribution in [-0.4, -0.2) is 24.1 Å². The van der Waals surface area contributed by atoms with Gasteiger partial charge in [0.2, 0.25) is 0 Å². The second-order valence-corrected chi connectivity index (χ2v) is 5.78. The van der Waals surface area contributed by atoms with Crippen molar-refractivity contribution in [1.82, 2.24) is 5.48 Å². The average molecular weight is 362 g/mol. The Morgan fingerprint density at radius 3 is 2.15 bits per heavy atom. The molecular weight excluding hydrogens is 344 g/mol. The lowest BCUT2D eigenvalue weighted by atomic mass is 10.0. The van der Waals surface area contributed by atoms with Gasteiger partial charge in [0.05, 0.1) is 7.11 Å². The first kappa shape index (κ1) is 18.2. The van der Waals surface area contributed by atoms with Crippen LogP contribution in [0.5, 0.6) is 5.75 Å². The van der Waals surface area contributed by atoms with E-state index in [4.69, 9.17) is 9.94 Å². The van der Waals surface area contributed by atoms with Crippen molar-refractivity contribution >= 4 is 17.5 Å².